The molecule has 0 radical (unpaired) electrons. The molecule has 7 nitrogen and oxygen atoms in total. The second-order valence-corrected chi connectivity index (χ2v) is 6.10. The number of para-hydroxylation sites is 1. The van der Waals surface area contributed by atoms with Crippen LogP contribution in [0.3, 0.4) is 0 Å². The monoisotopic (exact) mass is 354 g/mol. The first-order valence-electron chi connectivity index (χ1n) is 8.64. The van der Waals surface area contributed by atoms with Gasteiger partial charge in [0.1, 0.15) is 18.8 Å². The molecule has 1 fully saturated rings. The molecule has 1 aliphatic heterocycles. The number of nitrogens with zero attached hydrogens (tertiary/aromatic N) is 4. The number of nitriles is 2. The second kappa shape index (κ2) is 10.0. The van der Waals surface area contributed by atoms with E-state index in [0.29, 0.717) is 19.5 Å². The molecule has 1 saturated heterocycles. The zero-order valence-electron chi connectivity index (χ0n) is 14.6. The van der Waals surface area contributed by atoms with Crippen molar-refractivity contribution in [1.82, 2.24) is 9.80 Å². The molecule has 0 aromatic heterocycles. The summed E-state index contributed by atoms with van der Waals surface area (Å²) in [6, 6.07) is 13.1. The number of ether oxygens (including phenoxy) is 1. The highest BCUT2D eigenvalue weighted by atomic mass is 16.5. The molecule has 1 aromatic rings. The summed E-state index contributed by atoms with van der Waals surface area (Å²) in [5.41, 5.74) is 0. The van der Waals surface area contributed by atoms with Crippen LogP contribution in [-0.2, 0) is 9.59 Å². The number of amides is 2. The predicted octanol–water partition coefficient (Wildman–Crippen LogP) is 1.57. The van der Waals surface area contributed by atoms with Crippen LogP contribution in [0.25, 0.3) is 0 Å². The quantitative estimate of drug-likeness (QED) is 0.692. The van der Waals surface area contributed by atoms with Gasteiger partial charge in [-0.15, -0.1) is 0 Å². The van der Waals surface area contributed by atoms with Gasteiger partial charge in [0.15, 0.2) is 0 Å². The Hall–Kier alpha value is -3.06. The second-order valence-electron chi connectivity index (χ2n) is 6.10. The first-order valence-corrected chi connectivity index (χ1v) is 8.64. The summed E-state index contributed by atoms with van der Waals surface area (Å²) in [7, 11) is 0. The topological polar surface area (TPSA) is 97.4 Å². The van der Waals surface area contributed by atoms with Crippen LogP contribution in [0.4, 0.5) is 0 Å². The van der Waals surface area contributed by atoms with E-state index in [4.69, 9.17) is 15.3 Å². The van der Waals surface area contributed by atoms with E-state index < -0.39 is 0 Å². The van der Waals surface area contributed by atoms with Crippen LogP contribution in [0, 0.1) is 28.6 Å². The third-order valence-corrected chi connectivity index (χ3v) is 4.29. The van der Waals surface area contributed by atoms with Crippen molar-refractivity contribution in [2.24, 2.45) is 5.92 Å². The summed E-state index contributed by atoms with van der Waals surface area (Å²) in [5.74, 6) is 0.0803. The van der Waals surface area contributed by atoms with E-state index in [1.54, 1.807) is 4.90 Å². The van der Waals surface area contributed by atoms with Crippen LogP contribution in [0.2, 0.25) is 0 Å². The van der Waals surface area contributed by atoms with Crippen molar-refractivity contribution in [3.8, 4) is 17.9 Å². The average Bonchev–Trinajstić information content (AvgIpc) is 2.68. The lowest BCUT2D eigenvalue weighted by Gasteiger charge is -2.34. The Labute approximate surface area is 153 Å². The number of hydrogen-bond acceptors (Lipinski definition) is 5. The van der Waals surface area contributed by atoms with Crippen molar-refractivity contribution in [2.45, 2.75) is 19.3 Å². The average molecular weight is 354 g/mol. The summed E-state index contributed by atoms with van der Waals surface area (Å²) in [5, 5.41) is 17.6. The highest BCUT2D eigenvalue weighted by Crippen LogP contribution is 2.20. The number of rotatable bonds is 7. The first-order chi connectivity index (χ1) is 12.7. The number of likely N-dealkylation sites (tertiary alicyclic amines) is 1. The molecular weight excluding hydrogens is 332 g/mol. The van der Waals surface area contributed by atoms with Crippen molar-refractivity contribution in [1.29, 1.82) is 10.5 Å². The molecule has 0 spiro atoms. The van der Waals surface area contributed by atoms with Gasteiger partial charge in [-0.3, -0.25) is 9.59 Å². The molecule has 1 aromatic carbocycles. The predicted molar refractivity (Wildman–Crippen MR) is 93.7 cm³/mol. The maximum atomic E-state index is 12.5. The lowest BCUT2D eigenvalue weighted by molar-refractivity contribution is -0.140. The highest BCUT2D eigenvalue weighted by Gasteiger charge is 2.31. The van der Waals surface area contributed by atoms with Crippen molar-refractivity contribution in [3.05, 3.63) is 30.3 Å². The van der Waals surface area contributed by atoms with E-state index in [1.165, 1.54) is 4.90 Å². The van der Waals surface area contributed by atoms with Gasteiger partial charge in [0, 0.05) is 13.1 Å². The van der Waals surface area contributed by atoms with Crippen LogP contribution in [0.1, 0.15) is 19.3 Å². The number of hydrogen-bond donors (Lipinski definition) is 0. The van der Waals surface area contributed by atoms with Crippen molar-refractivity contribution < 1.29 is 14.3 Å². The molecule has 1 atom stereocenters. The minimum Gasteiger partial charge on any atom is -0.493 e. The third kappa shape index (κ3) is 5.49. The van der Waals surface area contributed by atoms with Crippen molar-refractivity contribution in [2.75, 3.05) is 32.8 Å². The summed E-state index contributed by atoms with van der Waals surface area (Å²) in [6.45, 7) is 1.01. The smallest absolute Gasteiger partial charge is 0.229 e. The Morgan fingerprint density at radius 3 is 2.54 bits per heavy atom. The molecule has 2 rings (SSSR count). The SMILES string of the molecule is N#CCN(CC#N)C(=O)C1CCCN(C(=O)CCOc2ccccc2)C1. The van der Waals surface area contributed by atoms with Gasteiger partial charge in [-0.1, -0.05) is 18.2 Å². The summed E-state index contributed by atoms with van der Waals surface area (Å²) in [4.78, 5) is 27.8. The maximum Gasteiger partial charge on any atom is 0.229 e. The van der Waals surface area contributed by atoms with E-state index in [1.807, 2.05) is 42.5 Å². The lowest BCUT2D eigenvalue weighted by Crippen LogP contribution is -2.47. The standard InChI is InChI=1S/C19H22N4O3/c20-9-12-22(13-10-21)19(25)16-5-4-11-23(15-16)18(24)8-14-26-17-6-2-1-3-7-17/h1-3,6-7,16H,4-5,8,11-15H2. The van der Waals surface area contributed by atoms with Gasteiger partial charge in [-0.05, 0) is 25.0 Å². The van der Waals surface area contributed by atoms with Crippen molar-refractivity contribution >= 4 is 11.8 Å². The molecule has 2 amide bonds. The Balaban J connectivity index is 1.84. The van der Waals surface area contributed by atoms with Crippen molar-refractivity contribution in [3.63, 3.8) is 0 Å². The zero-order valence-corrected chi connectivity index (χ0v) is 14.6. The van der Waals surface area contributed by atoms with E-state index in [0.717, 1.165) is 12.2 Å². The molecule has 7 heteroatoms. The van der Waals surface area contributed by atoms with Gasteiger partial charge in [0.25, 0.3) is 0 Å². The number of piperidine rings is 1. The van der Waals surface area contributed by atoms with E-state index in [-0.39, 0.29) is 43.8 Å². The van der Waals surface area contributed by atoms with E-state index in [9.17, 15) is 9.59 Å². The van der Waals surface area contributed by atoms with Gasteiger partial charge in [-0.2, -0.15) is 10.5 Å². The van der Waals surface area contributed by atoms with Gasteiger partial charge in [-0.25, -0.2) is 0 Å². The van der Waals surface area contributed by atoms with Gasteiger partial charge >= 0.3 is 0 Å². The Bertz CT molecular complexity index is 677. The molecule has 26 heavy (non-hydrogen) atoms. The number of carbonyl (C=O) groups excluding carboxylic acids is 2. The Kier molecular flexibility index (Phi) is 7.45. The number of carbonyl (C=O) groups is 2. The maximum absolute atomic E-state index is 12.5. The fraction of sp³-hybridized carbons (Fsp3) is 0.474. The molecule has 0 bridgehead atoms. The van der Waals surface area contributed by atoms with Crippen LogP contribution >= 0.6 is 0 Å². The van der Waals surface area contributed by atoms with Crippen LogP contribution in [0.15, 0.2) is 30.3 Å². The molecule has 1 heterocycles. The first kappa shape index (κ1) is 19.3. The largest absolute Gasteiger partial charge is 0.493 e. The molecular formula is C19H22N4O3. The minimum absolute atomic E-state index is 0.0504. The van der Waals surface area contributed by atoms with Crippen LogP contribution in [0.5, 0.6) is 5.75 Å². The molecule has 0 N–H and O–H groups in total. The highest BCUT2D eigenvalue weighted by molar-refractivity contribution is 5.81. The fourth-order valence-electron chi connectivity index (χ4n) is 2.98. The molecule has 0 saturated carbocycles. The summed E-state index contributed by atoms with van der Waals surface area (Å²) in [6.07, 6.45) is 1.64. The van der Waals surface area contributed by atoms with E-state index in [2.05, 4.69) is 0 Å². The molecule has 136 valence electrons. The minimum atomic E-state index is -0.357. The van der Waals surface area contributed by atoms with Crippen LogP contribution in [-0.4, -0.2) is 54.4 Å². The summed E-state index contributed by atoms with van der Waals surface area (Å²) < 4.78 is 5.55. The Morgan fingerprint density at radius 2 is 1.88 bits per heavy atom. The van der Waals surface area contributed by atoms with E-state index >= 15 is 0 Å². The van der Waals surface area contributed by atoms with Gasteiger partial charge < -0.3 is 14.5 Å². The third-order valence-electron chi connectivity index (χ3n) is 4.29. The van der Waals surface area contributed by atoms with Crippen LogP contribution < -0.4 is 4.74 Å². The van der Waals surface area contributed by atoms with Gasteiger partial charge in [0.2, 0.25) is 11.8 Å². The summed E-state index contributed by atoms with van der Waals surface area (Å²) >= 11 is 0. The molecule has 1 aliphatic rings. The fourth-order valence-corrected chi connectivity index (χ4v) is 2.98. The normalized spacial score (nSPS) is 16.2. The zero-order chi connectivity index (χ0) is 18.8. The lowest BCUT2D eigenvalue weighted by atomic mass is 9.96. The van der Waals surface area contributed by atoms with Gasteiger partial charge in [0.05, 0.1) is 31.1 Å². The molecule has 0 aliphatic carbocycles. The Morgan fingerprint density at radius 1 is 1.19 bits per heavy atom. The molecule has 1 unspecified atom stereocenters. The number of benzene rings is 1.